The predicted molar refractivity (Wildman–Crippen MR) is 65.8 cm³/mol. The van der Waals surface area contributed by atoms with E-state index in [0.717, 1.165) is 4.90 Å². The maximum Gasteiger partial charge on any atom is 0.359 e. The maximum absolute atomic E-state index is 13.8. The van der Waals surface area contributed by atoms with E-state index in [1.54, 1.807) is 20.8 Å². The van der Waals surface area contributed by atoms with Gasteiger partial charge < -0.3 is 5.73 Å². The summed E-state index contributed by atoms with van der Waals surface area (Å²) in [6.45, 7) is 8.35. The molecule has 0 aliphatic carbocycles. The molecule has 0 bridgehead atoms. The summed E-state index contributed by atoms with van der Waals surface area (Å²) >= 11 is 0. The topological polar surface area (TPSA) is 66.6 Å². The van der Waals surface area contributed by atoms with Gasteiger partial charge in [0.25, 0.3) is 5.91 Å². The van der Waals surface area contributed by atoms with E-state index in [9.17, 15) is 14.1 Å². The van der Waals surface area contributed by atoms with Crippen LogP contribution >= 0.6 is 0 Å². The standard InChI is InChI=1S/C12H20FN3O2/c1-7(2)8-6-15(10(17)9(8)14)11(18)16(13)12(3,4)5/h6-7,9H,14H2,1-5H3. The van der Waals surface area contributed by atoms with Gasteiger partial charge in [0, 0.05) is 6.20 Å². The Morgan fingerprint density at radius 3 is 2.33 bits per heavy atom. The molecule has 1 aliphatic heterocycles. The molecular formula is C12H20FN3O2. The van der Waals surface area contributed by atoms with Crippen LogP contribution in [0.15, 0.2) is 11.8 Å². The molecule has 0 saturated carbocycles. The number of rotatable bonds is 1. The number of hydrogen-bond donors (Lipinski definition) is 1. The Morgan fingerprint density at radius 2 is 2.00 bits per heavy atom. The summed E-state index contributed by atoms with van der Waals surface area (Å²) in [5, 5.41) is 0.0391. The lowest BCUT2D eigenvalue weighted by molar-refractivity contribution is -0.127. The third-order valence-electron chi connectivity index (χ3n) is 2.77. The van der Waals surface area contributed by atoms with Crippen molar-refractivity contribution in [3.05, 3.63) is 11.8 Å². The Bertz CT molecular complexity index is 399. The molecule has 0 saturated heterocycles. The lowest BCUT2D eigenvalue weighted by Crippen LogP contribution is -2.48. The molecule has 0 aromatic rings. The quantitative estimate of drug-likeness (QED) is 0.728. The van der Waals surface area contributed by atoms with Crippen LogP contribution < -0.4 is 5.73 Å². The summed E-state index contributed by atoms with van der Waals surface area (Å²) in [5.74, 6) is -0.556. The molecule has 18 heavy (non-hydrogen) atoms. The highest BCUT2D eigenvalue weighted by molar-refractivity contribution is 6.02. The van der Waals surface area contributed by atoms with Crippen molar-refractivity contribution in [1.29, 1.82) is 0 Å². The van der Waals surface area contributed by atoms with Crippen LogP contribution in [0.3, 0.4) is 0 Å². The Morgan fingerprint density at radius 1 is 1.50 bits per heavy atom. The molecule has 5 nitrogen and oxygen atoms in total. The maximum atomic E-state index is 13.8. The molecule has 0 aromatic carbocycles. The zero-order valence-corrected chi connectivity index (χ0v) is 11.4. The van der Waals surface area contributed by atoms with Crippen LogP contribution in [0.2, 0.25) is 0 Å². The van der Waals surface area contributed by atoms with Gasteiger partial charge in [-0.25, -0.2) is 9.69 Å². The Kier molecular flexibility index (Phi) is 3.81. The normalized spacial score (nSPS) is 20.4. The molecule has 0 aromatic heterocycles. The molecule has 102 valence electrons. The monoisotopic (exact) mass is 257 g/mol. The lowest BCUT2D eigenvalue weighted by atomic mass is 9.99. The van der Waals surface area contributed by atoms with E-state index in [-0.39, 0.29) is 11.0 Å². The highest BCUT2D eigenvalue weighted by Crippen LogP contribution is 2.25. The number of urea groups is 1. The van der Waals surface area contributed by atoms with Gasteiger partial charge in [-0.3, -0.25) is 4.79 Å². The van der Waals surface area contributed by atoms with E-state index >= 15 is 0 Å². The van der Waals surface area contributed by atoms with Gasteiger partial charge in [-0.15, -0.1) is 0 Å². The molecule has 0 radical (unpaired) electrons. The van der Waals surface area contributed by atoms with Crippen molar-refractivity contribution in [2.45, 2.75) is 46.2 Å². The summed E-state index contributed by atoms with van der Waals surface area (Å²) in [6, 6.07) is -1.86. The molecule has 6 heteroatoms. The van der Waals surface area contributed by atoms with Crippen molar-refractivity contribution >= 4 is 11.9 Å². The SMILES string of the molecule is CC(C)C1=CN(C(=O)N(F)C(C)(C)C)C(=O)C1N. The van der Waals surface area contributed by atoms with Crippen LogP contribution in [0, 0.1) is 5.92 Å². The van der Waals surface area contributed by atoms with Crippen molar-refractivity contribution in [3.8, 4) is 0 Å². The number of nitrogens with zero attached hydrogens (tertiary/aromatic N) is 2. The molecule has 0 spiro atoms. The van der Waals surface area contributed by atoms with Crippen LogP contribution in [-0.4, -0.2) is 33.5 Å². The van der Waals surface area contributed by atoms with Crippen molar-refractivity contribution in [2.75, 3.05) is 0 Å². The second kappa shape index (κ2) is 4.68. The minimum atomic E-state index is -1.00. The fraction of sp³-hybridized carbons (Fsp3) is 0.667. The number of hydrogen-bond acceptors (Lipinski definition) is 3. The first-order valence-electron chi connectivity index (χ1n) is 5.87. The second-order valence-corrected chi connectivity index (χ2v) is 5.70. The van der Waals surface area contributed by atoms with Crippen molar-refractivity contribution in [3.63, 3.8) is 0 Å². The summed E-state index contributed by atoms with van der Waals surface area (Å²) in [4.78, 5) is 24.5. The average Bonchev–Trinajstić information content (AvgIpc) is 2.53. The first kappa shape index (κ1) is 14.6. The smallest absolute Gasteiger partial charge is 0.316 e. The Hall–Kier alpha value is -1.43. The number of amides is 3. The molecule has 1 atom stereocenters. The van der Waals surface area contributed by atoms with Crippen LogP contribution in [0.5, 0.6) is 0 Å². The molecule has 1 unspecified atom stereocenters. The molecule has 1 rings (SSSR count). The van der Waals surface area contributed by atoms with E-state index in [1.165, 1.54) is 6.20 Å². The molecule has 2 N–H and O–H groups in total. The Labute approximate surface area is 106 Å². The van der Waals surface area contributed by atoms with Crippen LogP contribution in [0.25, 0.3) is 0 Å². The lowest BCUT2D eigenvalue weighted by Gasteiger charge is -2.28. The van der Waals surface area contributed by atoms with Crippen molar-refractivity contribution in [2.24, 2.45) is 11.7 Å². The summed E-state index contributed by atoms with van der Waals surface area (Å²) < 4.78 is 13.8. The van der Waals surface area contributed by atoms with Gasteiger partial charge >= 0.3 is 6.03 Å². The highest BCUT2D eigenvalue weighted by Gasteiger charge is 2.40. The van der Waals surface area contributed by atoms with Gasteiger partial charge in [0.15, 0.2) is 0 Å². The van der Waals surface area contributed by atoms with E-state index in [2.05, 4.69) is 0 Å². The van der Waals surface area contributed by atoms with Gasteiger partial charge in [0.2, 0.25) is 0 Å². The van der Waals surface area contributed by atoms with Crippen LogP contribution in [0.4, 0.5) is 9.28 Å². The van der Waals surface area contributed by atoms with E-state index < -0.39 is 23.5 Å². The average molecular weight is 257 g/mol. The van der Waals surface area contributed by atoms with E-state index in [1.807, 2.05) is 13.8 Å². The molecule has 3 amide bonds. The summed E-state index contributed by atoms with van der Waals surface area (Å²) in [5.41, 5.74) is 5.34. The van der Waals surface area contributed by atoms with Crippen molar-refractivity contribution in [1.82, 2.24) is 10.0 Å². The molecule has 1 heterocycles. The zero-order valence-electron chi connectivity index (χ0n) is 11.4. The Balaban J connectivity index is 2.98. The van der Waals surface area contributed by atoms with E-state index in [0.29, 0.717) is 5.57 Å². The number of imide groups is 1. The third-order valence-corrected chi connectivity index (χ3v) is 2.77. The second-order valence-electron chi connectivity index (χ2n) is 5.70. The van der Waals surface area contributed by atoms with Gasteiger partial charge in [-0.05, 0) is 32.3 Å². The first-order chi connectivity index (χ1) is 8.07. The number of carbonyl (C=O) groups excluding carboxylic acids is 2. The molecular weight excluding hydrogens is 237 g/mol. The minimum Gasteiger partial charge on any atom is -0.316 e. The van der Waals surface area contributed by atoms with Gasteiger partial charge in [0.1, 0.15) is 6.04 Å². The molecule has 0 fully saturated rings. The number of halogens is 1. The fourth-order valence-corrected chi connectivity index (χ4v) is 1.62. The van der Waals surface area contributed by atoms with Gasteiger partial charge in [-0.2, -0.15) is 5.12 Å². The van der Waals surface area contributed by atoms with Crippen LogP contribution in [-0.2, 0) is 4.79 Å². The molecule has 1 aliphatic rings. The highest BCUT2D eigenvalue weighted by atomic mass is 19.2. The van der Waals surface area contributed by atoms with Gasteiger partial charge in [-0.1, -0.05) is 18.3 Å². The minimum absolute atomic E-state index is 0.0319. The van der Waals surface area contributed by atoms with Crippen LogP contribution in [0.1, 0.15) is 34.6 Å². The zero-order chi connectivity index (χ0) is 14.2. The summed E-state index contributed by atoms with van der Waals surface area (Å²) in [6.07, 6.45) is 1.35. The summed E-state index contributed by atoms with van der Waals surface area (Å²) in [7, 11) is 0. The number of nitrogens with two attached hydrogens (primary N) is 1. The number of carbonyl (C=O) groups is 2. The predicted octanol–water partition coefficient (Wildman–Crippen LogP) is 1.80. The fourth-order valence-electron chi connectivity index (χ4n) is 1.62. The first-order valence-corrected chi connectivity index (χ1v) is 5.87. The van der Waals surface area contributed by atoms with E-state index in [4.69, 9.17) is 5.73 Å². The largest absolute Gasteiger partial charge is 0.359 e. The van der Waals surface area contributed by atoms with Crippen molar-refractivity contribution < 1.29 is 14.1 Å². The van der Waals surface area contributed by atoms with Gasteiger partial charge in [0.05, 0.1) is 5.54 Å². The third kappa shape index (κ3) is 2.53.